The minimum absolute atomic E-state index is 0. The van der Waals surface area contributed by atoms with Crippen molar-refractivity contribution in [1.29, 1.82) is 0 Å². The van der Waals surface area contributed by atoms with E-state index in [1.54, 1.807) is 0 Å². The molecule has 2 rings (SSSR count). The van der Waals surface area contributed by atoms with Gasteiger partial charge in [-0.25, -0.2) is 4.39 Å². The molecule has 20 heavy (non-hydrogen) atoms. The van der Waals surface area contributed by atoms with Crippen molar-refractivity contribution in [3.63, 3.8) is 0 Å². The van der Waals surface area contributed by atoms with Crippen molar-refractivity contribution in [2.45, 2.75) is 6.18 Å². The molecule has 7 heteroatoms. The second-order valence-electron chi connectivity index (χ2n) is 3.81. The van der Waals surface area contributed by atoms with E-state index in [9.17, 15) is 17.6 Å². The highest BCUT2D eigenvalue weighted by molar-refractivity contribution is 5.85. The van der Waals surface area contributed by atoms with Crippen LogP contribution in [0.25, 0.3) is 0 Å². The van der Waals surface area contributed by atoms with Crippen molar-refractivity contribution in [3.8, 4) is 11.5 Å². The van der Waals surface area contributed by atoms with Crippen LogP contribution >= 0.6 is 12.4 Å². The SMILES string of the molecule is Cl.Nc1ccc(Oc2cccc(F)c2)c(C(F)(F)F)c1. The van der Waals surface area contributed by atoms with Gasteiger partial charge in [0.2, 0.25) is 0 Å². The fourth-order valence-electron chi connectivity index (χ4n) is 1.52. The van der Waals surface area contributed by atoms with Gasteiger partial charge in [-0.1, -0.05) is 6.07 Å². The lowest BCUT2D eigenvalue weighted by Gasteiger charge is -2.14. The molecule has 2 nitrogen and oxygen atoms in total. The van der Waals surface area contributed by atoms with Gasteiger partial charge in [0.15, 0.2) is 0 Å². The van der Waals surface area contributed by atoms with Crippen LogP contribution in [0.15, 0.2) is 42.5 Å². The van der Waals surface area contributed by atoms with E-state index in [1.165, 1.54) is 24.3 Å². The van der Waals surface area contributed by atoms with Crippen molar-refractivity contribution in [1.82, 2.24) is 0 Å². The normalized spacial score (nSPS) is 10.8. The van der Waals surface area contributed by atoms with Gasteiger partial charge in [-0.15, -0.1) is 12.4 Å². The van der Waals surface area contributed by atoms with Crippen molar-refractivity contribution >= 4 is 18.1 Å². The first kappa shape index (κ1) is 16.1. The van der Waals surface area contributed by atoms with E-state index >= 15 is 0 Å². The molecule has 0 fully saturated rings. The summed E-state index contributed by atoms with van der Waals surface area (Å²) in [4.78, 5) is 0. The molecule has 0 saturated heterocycles. The zero-order valence-electron chi connectivity index (χ0n) is 9.95. The Morgan fingerprint density at radius 2 is 1.70 bits per heavy atom. The molecular weight excluding hydrogens is 298 g/mol. The highest BCUT2D eigenvalue weighted by atomic mass is 35.5. The zero-order valence-corrected chi connectivity index (χ0v) is 10.8. The Morgan fingerprint density at radius 3 is 2.30 bits per heavy atom. The third kappa shape index (κ3) is 3.77. The van der Waals surface area contributed by atoms with Gasteiger partial charge in [-0.05, 0) is 30.3 Å². The third-order valence-corrected chi connectivity index (χ3v) is 2.33. The van der Waals surface area contributed by atoms with Crippen molar-refractivity contribution in [2.75, 3.05) is 5.73 Å². The molecule has 0 aliphatic carbocycles. The van der Waals surface area contributed by atoms with Crippen LogP contribution in [0.4, 0.5) is 23.2 Å². The Labute approximate surface area is 118 Å². The maximum absolute atomic E-state index is 12.9. The molecule has 0 atom stereocenters. The lowest BCUT2D eigenvalue weighted by atomic mass is 10.1. The summed E-state index contributed by atoms with van der Waals surface area (Å²) in [5.74, 6) is -1.04. The zero-order chi connectivity index (χ0) is 14.0. The Bertz CT molecular complexity index is 601. The Kier molecular flexibility index (Phi) is 4.83. The molecule has 2 N–H and O–H groups in total. The van der Waals surface area contributed by atoms with Gasteiger partial charge in [0.05, 0.1) is 0 Å². The number of hydrogen-bond donors (Lipinski definition) is 1. The lowest BCUT2D eigenvalue weighted by Crippen LogP contribution is -2.08. The number of nitrogen functional groups attached to an aromatic ring is 1. The van der Waals surface area contributed by atoms with Crippen LogP contribution in [0, 0.1) is 5.82 Å². The van der Waals surface area contributed by atoms with Crippen LogP contribution < -0.4 is 10.5 Å². The van der Waals surface area contributed by atoms with Gasteiger partial charge in [0, 0.05) is 11.8 Å². The number of hydrogen-bond acceptors (Lipinski definition) is 2. The first-order valence-electron chi connectivity index (χ1n) is 5.26. The van der Waals surface area contributed by atoms with Gasteiger partial charge in [-0.2, -0.15) is 13.2 Å². The molecule has 0 aromatic heterocycles. The Balaban J connectivity index is 0.00000200. The summed E-state index contributed by atoms with van der Waals surface area (Å²) < 4.78 is 56.4. The highest BCUT2D eigenvalue weighted by Gasteiger charge is 2.34. The molecular formula is C13H10ClF4NO. The summed E-state index contributed by atoms with van der Waals surface area (Å²) >= 11 is 0. The van der Waals surface area contributed by atoms with Crippen LogP contribution in [0.3, 0.4) is 0 Å². The molecule has 2 aromatic rings. The third-order valence-electron chi connectivity index (χ3n) is 2.33. The number of ether oxygens (including phenoxy) is 1. The number of benzene rings is 2. The lowest BCUT2D eigenvalue weighted by molar-refractivity contribution is -0.138. The summed E-state index contributed by atoms with van der Waals surface area (Å²) in [5.41, 5.74) is 4.29. The summed E-state index contributed by atoms with van der Waals surface area (Å²) in [7, 11) is 0. The van der Waals surface area contributed by atoms with E-state index in [2.05, 4.69) is 0 Å². The Hall–Kier alpha value is -1.95. The quantitative estimate of drug-likeness (QED) is 0.648. The van der Waals surface area contributed by atoms with Gasteiger partial charge in [0.1, 0.15) is 22.9 Å². The number of halogens is 5. The van der Waals surface area contributed by atoms with Gasteiger partial charge in [0.25, 0.3) is 0 Å². The van der Waals surface area contributed by atoms with E-state index in [-0.39, 0.29) is 23.8 Å². The molecule has 108 valence electrons. The predicted molar refractivity (Wildman–Crippen MR) is 69.6 cm³/mol. The largest absolute Gasteiger partial charge is 0.457 e. The number of alkyl halides is 3. The second kappa shape index (κ2) is 6.00. The monoisotopic (exact) mass is 307 g/mol. The van der Waals surface area contributed by atoms with Crippen LogP contribution in [0.5, 0.6) is 11.5 Å². The van der Waals surface area contributed by atoms with Crippen LogP contribution in [0.2, 0.25) is 0 Å². The molecule has 2 aromatic carbocycles. The van der Waals surface area contributed by atoms with Crippen molar-refractivity contribution in [3.05, 3.63) is 53.8 Å². The molecule has 0 unspecified atom stereocenters. The van der Waals surface area contributed by atoms with Gasteiger partial charge in [-0.3, -0.25) is 0 Å². The number of nitrogens with two attached hydrogens (primary N) is 1. The predicted octanol–water partition coefficient (Wildman–Crippen LogP) is 4.64. The second-order valence-corrected chi connectivity index (χ2v) is 3.81. The fraction of sp³-hybridized carbons (Fsp3) is 0.0769. The average molecular weight is 308 g/mol. The topological polar surface area (TPSA) is 35.2 Å². The fourth-order valence-corrected chi connectivity index (χ4v) is 1.52. The highest BCUT2D eigenvalue weighted by Crippen LogP contribution is 2.39. The van der Waals surface area contributed by atoms with E-state index in [0.29, 0.717) is 0 Å². The van der Waals surface area contributed by atoms with Crippen LogP contribution in [-0.4, -0.2) is 0 Å². The van der Waals surface area contributed by atoms with Crippen molar-refractivity contribution in [2.24, 2.45) is 0 Å². The first-order valence-corrected chi connectivity index (χ1v) is 5.26. The maximum atomic E-state index is 12.9. The van der Waals surface area contributed by atoms with E-state index in [0.717, 1.165) is 18.2 Å². The minimum Gasteiger partial charge on any atom is -0.457 e. The molecule has 0 aliphatic heterocycles. The van der Waals surface area contributed by atoms with Gasteiger partial charge < -0.3 is 10.5 Å². The standard InChI is InChI=1S/C13H9F4NO.ClH/c14-8-2-1-3-10(6-8)19-12-5-4-9(18)7-11(12)13(15,16)17;/h1-7H,18H2;1H. The number of rotatable bonds is 2. The van der Waals surface area contributed by atoms with E-state index in [4.69, 9.17) is 10.5 Å². The summed E-state index contributed by atoms with van der Waals surface area (Å²) in [6.07, 6.45) is -4.60. The molecule has 0 spiro atoms. The summed E-state index contributed by atoms with van der Waals surface area (Å²) in [6, 6.07) is 8.02. The minimum atomic E-state index is -4.60. The molecule has 0 radical (unpaired) electrons. The smallest absolute Gasteiger partial charge is 0.420 e. The van der Waals surface area contributed by atoms with E-state index < -0.39 is 23.3 Å². The molecule has 0 saturated carbocycles. The number of anilines is 1. The summed E-state index contributed by atoms with van der Waals surface area (Å²) in [5, 5.41) is 0. The first-order chi connectivity index (χ1) is 8.86. The maximum Gasteiger partial charge on any atom is 0.420 e. The Morgan fingerprint density at radius 1 is 1.00 bits per heavy atom. The average Bonchev–Trinajstić information content (AvgIpc) is 2.30. The molecule has 0 amide bonds. The van der Waals surface area contributed by atoms with E-state index in [1.807, 2.05) is 0 Å². The summed E-state index contributed by atoms with van der Waals surface area (Å²) in [6.45, 7) is 0. The molecule has 0 heterocycles. The van der Waals surface area contributed by atoms with Crippen LogP contribution in [0.1, 0.15) is 5.56 Å². The van der Waals surface area contributed by atoms with Crippen LogP contribution in [-0.2, 0) is 6.18 Å². The molecule has 0 aliphatic rings. The molecule has 0 bridgehead atoms. The van der Waals surface area contributed by atoms with Gasteiger partial charge >= 0.3 is 6.18 Å². The van der Waals surface area contributed by atoms with Crippen molar-refractivity contribution < 1.29 is 22.3 Å².